The highest BCUT2D eigenvalue weighted by atomic mass is 32.2. The number of hydrogen-bond donors (Lipinski definition) is 3. The smallest absolute Gasteiger partial charge is 0.272 e. The summed E-state index contributed by atoms with van der Waals surface area (Å²) in [5.41, 5.74) is -0.994. The van der Waals surface area contributed by atoms with E-state index in [1.54, 1.807) is 6.20 Å². The molecule has 4 aromatic rings. The lowest BCUT2D eigenvalue weighted by Crippen LogP contribution is -2.58. The molecule has 2 saturated carbocycles. The van der Waals surface area contributed by atoms with Gasteiger partial charge in [0.1, 0.15) is 29.4 Å². The highest BCUT2D eigenvalue weighted by Gasteiger charge is 2.62. The first kappa shape index (κ1) is 35.5. The van der Waals surface area contributed by atoms with E-state index in [0.717, 1.165) is 29.0 Å². The fraction of sp³-hybridized carbons (Fsp3) is 0.421. The van der Waals surface area contributed by atoms with E-state index in [1.165, 1.54) is 23.5 Å². The quantitative estimate of drug-likeness (QED) is 0.185. The Balaban J connectivity index is 1.12. The molecule has 5 atom stereocenters. The predicted octanol–water partition coefficient (Wildman–Crippen LogP) is 2.72. The van der Waals surface area contributed by atoms with Crippen LogP contribution in [0.1, 0.15) is 68.3 Å². The van der Waals surface area contributed by atoms with Crippen LogP contribution in [0.25, 0.3) is 21.8 Å². The van der Waals surface area contributed by atoms with Gasteiger partial charge in [-0.15, -0.1) is 0 Å². The number of rotatable bonds is 7. The summed E-state index contributed by atoms with van der Waals surface area (Å²) in [6.45, 7) is -0.0245. The molecule has 8 rings (SSSR count). The fourth-order valence-corrected chi connectivity index (χ4v) is 8.86. The van der Waals surface area contributed by atoms with Crippen LogP contribution in [0.5, 0.6) is 5.88 Å². The van der Waals surface area contributed by atoms with Gasteiger partial charge >= 0.3 is 0 Å². The Morgan fingerprint density at radius 3 is 2.56 bits per heavy atom. The first-order valence-corrected chi connectivity index (χ1v) is 19.9. The summed E-state index contributed by atoms with van der Waals surface area (Å²) < 4.78 is 34.4. The normalized spacial score (nSPS) is 26.8. The number of nitrogens with one attached hydrogen (secondary N) is 3. The van der Waals surface area contributed by atoms with E-state index in [9.17, 15) is 27.6 Å². The van der Waals surface area contributed by atoms with Gasteiger partial charge in [-0.3, -0.25) is 28.9 Å². The van der Waals surface area contributed by atoms with Crippen molar-refractivity contribution in [3.63, 3.8) is 0 Å². The van der Waals surface area contributed by atoms with Gasteiger partial charge in [0, 0.05) is 41.7 Å². The number of nitrogens with zero attached hydrogens (tertiary/aromatic N) is 5. The largest absolute Gasteiger partial charge is 0.472 e. The zero-order valence-electron chi connectivity index (χ0n) is 29.4. The average Bonchev–Trinajstić information content (AvgIpc) is 4.11. The third-order valence-corrected chi connectivity index (χ3v) is 12.5. The molecule has 2 aliphatic heterocycles. The van der Waals surface area contributed by atoms with Crippen molar-refractivity contribution in [1.29, 1.82) is 0 Å². The maximum atomic E-state index is 14.6. The Bertz CT molecular complexity index is 2270. The second kappa shape index (κ2) is 14.4. The van der Waals surface area contributed by atoms with Crippen molar-refractivity contribution in [2.45, 2.75) is 86.8 Å². The van der Waals surface area contributed by atoms with E-state index in [4.69, 9.17) is 9.72 Å². The zero-order valence-corrected chi connectivity index (χ0v) is 30.2. The molecule has 15 nitrogen and oxygen atoms in total. The number of benzene rings is 1. The maximum Gasteiger partial charge on any atom is 0.272 e. The molecule has 0 bridgehead atoms. The van der Waals surface area contributed by atoms with Crippen LogP contribution < -0.4 is 20.1 Å². The van der Waals surface area contributed by atoms with E-state index < -0.39 is 68.5 Å². The Kier molecular flexibility index (Phi) is 9.46. The number of amides is 4. The molecule has 1 unspecified atom stereocenters. The number of ether oxygens (including phenoxy) is 1. The molecular weight excluding hydrogens is 713 g/mol. The fourth-order valence-electron chi connectivity index (χ4n) is 7.50. The number of fused-ring (bicyclic) bond motifs is 5. The van der Waals surface area contributed by atoms with Crippen molar-refractivity contribution in [2.75, 3.05) is 6.54 Å². The van der Waals surface area contributed by atoms with Crippen molar-refractivity contribution < 1.29 is 32.3 Å². The standard InChI is InChI=1S/C38H40N8O7S/c47-33(30-21-39-17-18-40-30)42-29-13-5-3-1-2-4-9-23-20-38(23,37(50)45-54(51,52)25-14-15-25)44-34(48)31-19-24(22-46(31)36(29)49)53-35-28-11-7-6-10-26(28)27-12-8-16-41-32(27)43-35/h4,6-12,16-18,21,23-25,29,31H,1-3,5,13-15,19-20,22H2,(H,42,47)(H,44,48)(H,45,50)/b9-4-/t23?,24-,29+,31+,38-/m1/s1. The van der Waals surface area contributed by atoms with Crippen molar-refractivity contribution in [3.8, 4) is 5.88 Å². The summed E-state index contributed by atoms with van der Waals surface area (Å²) in [6.07, 6.45) is 13.2. The summed E-state index contributed by atoms with van der Waals surface area (Å²) in [7, 11) is -3.90. The molecule has 3 aromatic heterocycles. The van der Waals surface area contributed by atoms with Gasteiger partial charge in [-0.1, -0.05) is 43.2 Å². The number of pyridine rings is 2. The number of allylic oxidation sites excluding steroid dienone is 1. The summed E-state index contributed by atoms with van der Waals surface area (Å²) >= 11 is 0. The lowest BCUT2D eigenvalue weighted by atomic mass is 10.0. The molecule has 0 radical (unpaired) electrons. The number of carbonyl (C=O) groups excluding carboxylic acids is 4. The predicted molar refractivity (Wildman–Crippen MR) is 196 cm³/mol. The second-order valence-corrected chi connectivity index (χ2v) is 16.4. The van der Waals surface area contributed by atoms with Gasteiger partial charge < -0.3 is 20.3 Å². The monoisotopic (exact) mass is 752 g/mol. The molecule has 1 aromatic carbocycles. The van der Waals surface area contributed by atoms with Gasteiger partial charge in [0.05, 0.1) is 18.0 Å². The number of carbonyl (C=O) groups is 4. The lowest BCUT2D eigenvalue weighted by molar-refractivity contribution is -0.141. The van der Waals surface area contributed by atoms with Crippen LogP contribution in [-0.4, -0.2) is 92.4 Å². The van der Waals surface area contributed by atoms with E-state index in [2.05, 4.69) is 30.3 Å². The van der Waals surface area contributed by atoms with Gasteiger partial charge in [-0.05, 0) is 62.1 Å². The number of aromatic nitrogens is 4. The van der Waals surface area contributed by atoms with Crippen LogP contribution in [0.2, 0.25) is 0 Å². The molecule has 2 aliphatic carbocycles. The Hall–Kier alpha value is -5.51. The molecule has 3 N–H and O–H groups in total. The van der Waals surface area contributed by atoms with Crippen LogP contribution in [-0.2, 0) is 24.4 Å². The summed E-state index contributed by atoms with van der Waals surface area (Å²) in [4.78, 5) is 74.6. The van der Waals surface area contributed by atoms with Crippen molar-refractivity contribution in [3.05, 3.63) is 79.0 Å². The first-order valence-electron chi connectivity index (χ1n) is 18.4. The highest BCUT2D eigenvalue weighted by molar-refractivity contribution is 7.91. The lowest BCUT2D eigenvalue weighted by Gasteiger charge is -2.29. The minimum absolute atomic E-state index is 0.0245. The molecule has 4 amide bonds. The molecule has 54 heavy (non-hydrogen) atoms. The molecule has 1 saturated heterocycles. The molecular formula is C38H40N8O7S. The summed E-state index contributed by atoms with van der Waals surface area (Å²) in [5.74, 6) is -2.64. The van der Waals surface area contributed by atoms with Crippen LogP contribution in [0.3, 0.4) is 0 Å². The van der Waals surface area contributed by atoms with Gasteiger partial charge in [0.2, 0.25) is 27.7 Å². The molecule has 16 heteroatoms. The van der Waals surface area contributed by atoms with Crippen LogP contribution in [0, 0.1) is 5.92 Å². The Morgan fingerprint density at radius 2 is 1.76 bits per heavy atom. The van der Waals surface area contributed by atoms with E-state index >= 15 is 0 Å². The molecule has 4 aliphatic rings. The van der Waals surface area contributed by atoms with Crippen molar-refractivity contribution in [2.24, 2.45) is 5.92 Å². The summed E-state index contributed by atoms with van der Waals surface area (Å²) in [5, 5.41) is 7.53. The topological polar surface area (TPSA) is 203 Å². The SMILES string of the molecule is O=C(N[C@H]1CCCCC/C=C\C2C[C@@]2(C(=O)NS(=O)(=O)C2CC2)NC(=O)[C@@H]2C[C@@H](Oc3nc4ncccc4c4ccccc34)CN2C1=O)c1cnccn1. The maximum absolute atomic E-state index is 14.6. The third kappa shape index (κ3) is 7.09. The van der Waals surface area contributed by atoms with Gasteiger partial charge in [-0.25, -0.2) is 18.4 Å². The van der Waals surface area contributed by atoms with Gasteiger partial charge in [0.15, 0.2) is 5.65 Å². The Labute approximate surface area is 311 Å². The van der Waals surface area contributed by atoms with Crippen LogP contribution >= 0.6 is 0 Å². The van der Waals surface area contributed by atoms with Crippen LogP contribution in [0.4, 0.5) is 0 Å². The highest BCUT2D eigenvalue weighted by Crippen LogP contribution is 2.46. The van der Waals surface area contributed by atoms with E-state index in [-0.39, 0.29) is 25.1 Å². The molecule has 0 spiro atoms. The Morgan fingerprint density at radius 1 is 0.944 bits per heavy atom. The molecule has 280 valence electrons. The second-order valence-electron chi connectivity index (χ2n) is 14.4. The first-order chi connectivity index (χ1) is 26.1. The van der Waals surface area contributed by atoms with Gasteiger partial charge in [0.25, 0.3) is 11.8 Å². The number of sulfonamides is 1. The van der Waals surface area contributed by atoms with Crippen LogP contribution in [0.15, 0.2) is 73.3 Å². The summed E-state index contributed by atoms with van der Waals surface area (Å²) in [6, 6.07) is 9.23. The third-order valence-electron chi connectivity index (χ3n) is 10.7. The number of hydrogen-bond acceptors (Lipinski definition) is 11. The van der Waals surface area contributed by atoms with Crippen molar-refractivity contribution >= 4 is 55.5 Å². The van der Waals surface area contributed by atoms with E-state index in [1.807, 2.05) is 48.6 Å². The molecule has 5 heterocycles. The minimum Gasteiger partial charge on any atom is -0.472 e. The average molecular weight is 753 g/mol. The van der Waals surface area contributed by atoms with Gasteiger partial charge in [-0.2, -0.15) is 4.98 Å². The van der Waals surface area contributed by atoms with Crippen molar-refractivity contribution in [1.82, 2.24) is 40.2 Å². The van der Waals surface area contributed by atoms with E-state index in [0.29, 0.717) is 43.6 Å². The zero-order chi connectivity index (χ0) is 37.5. The molecule has 3 fully saturated rings. The minimum atomic E-state index is -3.90.